The average Bonchev–Trinajstić information content (AvgIpc) is 3.08. The summed E-state index contributed by atoms with van der Waals surface area (Å²) in [6.45, 7) is 15.8. The van der Waals surface area contributed by atoms with Gasteiger partial charge in [0.1, 0.15) is 0 Å². The fraction of sp³-hybridized carbons (Fsp3) is 0.806. The number of aliphatic hydroxyl groups is 1. The summed E-state index contributed by atoms with van der Waals surface area (Å²) in [6.07, 6.45) is 10.5. The fourth-order valence-corrected chi connectivity index (χ4v) is 9.31. The Labute approximate surface area is 213 Å². The van der Waals surface area contributed by atoms with Crippen molar-refractivity contribution in [2.75, 3.05) is 7.11 Å². The zero-order valence-corrected chi connectivity index (χ0v) is 23.4. The standard InChI is InChI=1S/C31H48O4/c1-19(10-9-11-20(2)27(34)35-8)21-12-17-31(7)26-22(13-16-30(21,31)6)29(5)15-14-25(33)28(3,4)24(29)18-23(26)32/h11,19,21,24-25,33H,9-10,12-18H2,1-8H3/b20-11+/t19-,21-,24+,25?,29-,30-,31+/m1/s1. The van der Waals surface area contributed by atoms with Gasteiger partial charge in [-0.2, -0.15) is 0 Å². The van der Waals surface area contributed by atoms with Gasteiger partial charge in [-0.1, -0.05) is 53.2 Å². The highest BCUT2D eigenvalue weighted by atomic mass is 16.5. The number of carbonyl (C=O) groups is 2. The lowest BCUT2D eigenvalue weighted by molar-refractivity contribution is -0.136. The monoisotopic (exact) mass is 484 g/mol. The first kappa shape index (κ1) is 26.6. The maximum absolute atomic E-state index is 13.9. The number of allylic oxidation sites excluding steroid dienone is 3. The third kappa shape index (κ3) is 3.80. The molecular weight excluding hydrogens is 436 g/mol. The van der Waals surface area contributed by atoms with Crippen molar-refractivity contribution in [2.24, 2.45) is 39.4 Å². The molecule has 4 heteroatoms. The Bertz CT molecular complexity index is 957. The summed E-state index contributed by atoms with van der Waals surface area (Å²) in [7, 11) is 1.43. The molecule has 4 nitrogen and oxygen atoms in total. The van der Waals surface area contributed by atoms with Crippen molar-refractivity contribution in [2.45, 2.75) is 112 Å². The summed E-state index contributed by atoms with van der Waals surface area (Å²) in [6, 6.07) is 0. The Morgan fingerprint density at radius 2 is 1.83 bits per heavy atom. The molecule has 4 rings (SSSR count). The Morgan fingerprint density at radius 3 is 2.49 bits per heavy atom. The van der Waals surface area contributed by atoms with E-state index in [1.165, 1.54) is 24.7 Å². The number of ketones is 1. The summed E-state index contributed by atoms with van der Waals surface area (Å²) in [5, 5.41) is 10.8. The first-order valence-corrected chi connectivity index (χ1v) is 13.9. The maximum atomic E-state index is 13.9. The van der Waals surface area contributed by atoms with Gasteiger partial charge in [-0.15, -0.1) is 0 Å². The molecule has 0 aromatic rings. The van der Waals surface area contributed by atoms with Crippen LogP contribution in [0.5, 0.6) is 0 Å². The van der Waals surface area contributed by atoms with Gasteiger partial charge in [0.05, 0.1) is 13.2 Å². The van der Waals surface area contributed by atoms with Gasteiger partial charge in [-0.25, -0.2) is 4.79 Å². The number of esters is 1. The molecule has 2 fully saturated rings. The molecule has 2 saturated carbocycles. The van der Waals surface area contributed by atoms with Crippen molar-refractivity contribution < 1.29 is 19.4 Å². The molecule has 0 spiro atoms. The van der Waals surface area contributed by atoms with Gasteiger partial charge in [0.2, 0.25) is 0 Å². The zero-order chi connectivity index (χ0) is 26.0. The summed E-state index contributed by atoms with van der Waals surface area (Å²) in [5.74, 6) is 1.46. The third-order valence-electron chi connectivity index (χ3n) is 11.9. The van der Waals surface area contributed by atoms with Crippen LogP contribution in [0.3, 0.4) is 0 Å². The van der Waals surface area contributed by atoms with Crippen LogP contribution in [0.25, 0.3) is 0 Å². The molecule has 4 aliphatic rings. The lowest BCUT2D eigenvalue weighted by atomic mass is 9.43. The van der Waals surface area contributed by atoms with Crippen LogP contribution in [0, 0.1) is 39.4 Å². The number of fused-ring (bicyclic) bond motifs is 4. The second kappa shape index (κ2) is 8.85. The second-order valence-corrected chi connectivity index (χ2v) is 13.7. The molecule has 0 aromatic heterocycles. The van der Waals surface area contributed by atoms with Gasteiger partial charge in [-0.05, 0) is 92.3 Å². The van der Waals surface area contributed by atoms with Gasteiger partial charge < -0.3 is 9.84 Å². The number of ether oxygens (including phenoxy) is 1. The number of carbonyl (C=O) groups excluding carboxylic acids is 2. The predicted octanol–water partition coefficient (Wildman–Crippen LogP) is 6.81. The first-order chi connectivity index (χ1) is 16.2. The first-order valence-electron chi connectivity index (χ1n) is 13.9. The molecule has 4 aliphatic carbocycles. The minimum atomic E-state index is -0.325. The highest BCUT2D eigenvalue weighted by Crippen LogP contribution is 2.71. The lowest BCUT2D eigenvalue weighted by Crippen LogP contribution is -2.57. The lowest BCUT2D eigenvalue weighted by Gasteiger charge is -2.61. The highest BCUT2D eigenvalue weighted by molar-refractivity contribution is 5.99. The van der Waals surface area contributed by atoms with Crippen LogP contribution in [0.1, 0.15) is 106 Å². The predicted molar refractivity (Wildman–Crippen MR) is 140 cm³/mol. The summed E-state index contributed by atoms with van der Waals surface area (Å²) in [5.41, 5.74) is 3.17. The molecule has 0 radical (unpaired) electrons. The Kier molecular flexibility index (Phi) is 6.74. The number of hydrogen-bond donors (Lipinski definition) is 1. The van der Waals surface area contributed by atoms with Gasteiger partial charge >= 0.3 is 5.97 Å². The van der Waals surface area contributed by atoms with E-state index in [1.54, 1.807) is 0 Å². The van der Waals surface area contributed by atoms with E-state index in [9.17, 15) is 14.7 Å². The van der Waals surface area contributed by atoms with Crippen LogP contribution in [0.2, 0.25) is 0 Å². The van der Waals surface area contributed by atoms with Crippen molar-refractivity contribution >= 4 is 11.8 Å². The van der Waals surface area contributed by atoms with Gasteiger partial charge in [0.25, 0.3) is 0 Å². The van der Waals surface area contributed by atoms with E-state index in [0.717, 1.165) is 44.9 Å². The number of Topliss-reactive ketones (excluding diaryl/α,β-unsaturated/α-hetero) is 1. The average molecular weight is 485 g/mol. The fourth-order valence-electron chi connectivity index (χ4n) is 9.31. The van der Waals surface area contributed by atoms with Crippen LogP contribution in [-0.4, -0.2) is 30.1 Å². The molecule has 1 N–H and O–H groups in total. The van der Waals surface area contributed by atoms with Crippen LogP contribution in [0.15, 0.2) is 22.8 Å². The van der Waals surface area contributed by atoms with Crippen molar-refractivity contribution in [1.29, 1.82) is 0 Å². The quantitative estimate of drug-likeness (QED) is 0.344. The van der Waals surface area contributed by atoms with Crippen molar-refractivity contribution in [3.63, 3.8) is 0 Å². The minimum Gasteiger partial charge on any atom is -0.466 e. The van der Waals surface area contributed by atoms with E-state index in [2.05, 4.69) is 41.5 Å². The minimum absolute atomic E-state index is 0.0240. The molecule has 0 saturated heterocycles. The van der Waals surface area contributed by atoms with E-state index in [-0.39, 0.29) is 39.7 Å². The summed E-state index contributed by atoms with van der Waals surface area (Å²) in [4.78, 5) is 25.7. The summed E-state index contributed by atoms with van der Waals surface area (Å²) < 4.78 is 4.84. The Hall–Kier alpha value is -1.42. The van der Waals surface area contributed by atoms with E-state index in [0.29, 0.717) is 29.6 Å². The molecule has 35 heavy (non-hydrogen) atoms. The second-order valence-electron chi connectivity index (χ2n) is 13.7. The van der Waals surface area contributed by atoms with E-state index in [1.807, 2.05) is 13.0 Å². The molecule has 196 valence electrons. The normalized spacial score (nSPS) is 41.7. The topological polar surface area (TPSA) is 63.6 Å². The van der Waals surface area contributed by atoms with Crippen molar-refractivity contribution in [1.82, 2.24) is 0 Å². The van der Waals surface area contributed by atoms with Crippen molar-refractivity contribution in [3.8, 4) is 0 Å². The van der Waals surface area contributed by atoms with Crippen LogP contribution in [-0.2, 0) is 14.3 Å². The molecule has 0 aromatic carbocycles. The number of aliphatic hydroxyl groups excluding tert-OH is 1. The third-order valence-corrected chi connectivity index (χ3v) is 11.9. The highest BCUT2D eigenvalue weighted by Gasteiger charge is 2.65. The maximum Gasteiger partial charge on any atom is 0.333 e. The largest absolute Gasteiger partial charge is 0.466 e. The molecule has 0 bridgehead atoms. The SMILES string of the molecule is COC(=O)/C(C)=C/CC[C@@H](C)[C@H]1CC[C@@]2(C)C3=C(CC[C@]12C)[C@@]1(C)CCC(O)C(C)(C)[C@@H]1CC3=O. The van der Waals surface area contributed by atoms with E-state index >= 15 is 0 Å². The smallest absolute Gasteiger partial charge is 0.333 e. The number of methoxy groups -OCH3 is 1. The van der Waals surface area contributed by atoms with E-state index < -0.39 is 0 Å². The molecular formula is C31H48O4. The molecule has 7 atom stereocenters. The molecule has 1 unspecified atom stereocenters. The molecule has 0 aliphatic heterocycles. The molecule has 0 heterocycles. The summed E-state index contributed by atoms with van der Waals surface area (Å²) >= 11 is 0. The van der Waals surface area contributed by atoms with Gasteiger partial charge in [0.15, 0.2) is 5.78 Å². The Morgan fingerprint density at radius 1 is 1.14 bits per heavy atom. The van der Waals surface area contributed by atoms with Crippen LogP contribution < -0.4 is 0 Å². The van der Waals surface area contributed by atoms with Crippen molar-refractivity contribution in [3.05, 3.63) is 22.8 Å². The number of rotatable bonds is 5. The Balaban J connectivity index is 1.62. The van der Waals surface area contributed by atoms with Gasteiger partial charge in [0, 0.05) is 23.0 Å². The van der Waals surface area contributed by atoms with Crippen LogP contribution >= 0.6 is 0 Å². The zero-order valence-electron chi connectivity index (χ0n) is 23.4. The molecule has 0 amide bonds. The van der Waals surface area contributed by atoms with E-state index in [4.69, 9.17) is 4.74 Å². The van der Waals surface area contributed by atoms with Gasteiger partial charge in [-0.3, -0.25) is 4.79 Å². The number of hydrogen-bond acceptors (Lipinski definition) is 4. The van der Waals surface area contributed by atoms with Crippen LogP contribution in [0.4, 0.5) is 0 Å².